The minimum atomic E-state index is 0.790. The van der Waals surface area contributed by atoms with E-state index >= 15 is 0 Å². The maximum atomic E-state index is 6.44. The first kappa shape index (κ1) is 44.2. The molecule has 0 N–H and O–H groups in total. The smallest absolute Gasteiger partial charge is 0.154 e. The Balaban J connectivity index is 3.36. The van der Waals surface area contributed by atoms with Crippen molar-refractivity contribution in [1.29, 1.82) is 0 Å². The first-order chi connectivity index (χ1) is 21.7. The van der Waals surface area contributed by atoms with E-state index < -0.39 is 0 Å². The minimum Gasteiger partial charge on any atom is -0.313 e. The Morgan fingerprint density at radius 1 is 0.273 bits per heavy atom. The average Bonchev–Trinajstić information content (AvgIpc) is 3.03. The summed E-state index contributed by atoms with van der Waals surface area (Å²) >= 11 is 6.44. The van der Waals surface area contributed by atoms with E-state index in [9.17, 15) is 0 Å². The van der Waals surface area contributed by atoms with E-state index in [0.717, 1.165) is 10.5 Å². The first-order valence-corrected chi connectivity index (χ1v) is 21.6. The number of unbranched alkanes of at least 4 members (excludes halogenated alkanes) is 34. The monoisotopic (exact) mass is 641 g/mol. The average molecular weight is 642 g/mol. The van der Waals surface area contributed by atoms with Gasteiger partial charge in [-0.1, -0.05) is 231 Å². The fourth-order valence-corrected chi connectivity index (χ4v) is 7.26. The summed E-state index contributed by atoms with van der Waals surface area (Å²) < 4.78 is 1.08. The van der Waals surface area contributed by atoms with E-state index in [1.165, 1.54) is 244 Å². The van der Waals surface area contributed by atoms with Gasteiger partial charge < -0.3 is 4.48 Å². The maximum absolute atomic E-state index is 6.44. The van der Waals surface area contributed by atoms with Gasteiger partial charge in [0.15, 0.2) is 6.00 Å². The van der Waals surface area contributed by atoms with Crippen LogP contribution in [0.15, 0.2) is 0 Å². The molecule has 0 spiro atoms. The summed E-state index contributed by atoms with van der Waals surface area (Å²) in [5.74, 6) is 0. The molecule has 0 amide bonds. The molecule has 266 valence electrons. The highest BCUT2D eigenvalue weighted by Crippen LogP contribution is 2.18. The van der Waals surface area contributed by atoms with Crippen LogP contribution < -0.4 is 0 Å². The standard InChI is InChI=1S/C42H87ClN/c1-4-6-8-10-12-14-16-18-20-22-24-26-28-30-32-34-36-38-40-44(3,42-43)41-39-37-35-33-31-29-27-25-23-21-19-17-15-13-11-9-7-5-2/h4-42H2,1-3H3/q+1. The number of nitrogens with zero attached hydrogens (tertiary/aromatic N) is 1. The van der Waals surface area contributed by atoms with Crippen LogP contribution in [0, 0.1) is 0 Å². The molecule has 0 bridgehead atoms. The van der Waals surface area contributed by atoms with Crippen LogP contribution in [0.2, 0.25) is 0 Å². The zero-order valence-electron chi connectivity index (χ0n) is 31.4. The van der Waals surface area contributed by atoms with Gasteiger partial charge in [-0.25, -0.2) is 0 Å². The highest BCUT2D eigenvalue weighted by molar-refractivity contribution is 6.16. The van der Waals surface area contributed by atoms with E-state index in [4.69, 9.17) is 11.6 Å². The lowest BCUT2D eigenvalue weighted by molar-refractivity contribution is -0.899. The molecular weight excluding hydrogens is 554 g/mol. The summed E-state index contributed by atoms with van der Waals surface area (Å²) in [6.45, 7) is 7.17. The Labute approximate surface area is 286 Å². The number of rotatable bonds is 39. The Bertz CT molecular complexity index is 466. The SMILES string of the molecule is CCCCCCCCCCCCCCCCCCCC[N+](C)(CCl)CCCCCCCCCCCCCCCCCCCC. The van der Waals surface area contributed by atoms with Crippen molar-refractivity contribution in [1.82, 2.24) is 0 Å². The molecule has 0 aliphatic rings. The number of alkyl halides is 1. The summed E-state index contributed by atoms with van der Waals surface area (Å²) in [4.78, 5) is 0. The second-order valence-electron chi connectivity index (χ2n) is 15.2. The molecule has 44 heavy (non-hydrogen) atoms. The fraction of sp³-hybridized carbons (Fsp3) is 1.00. The predicted octanol–water partition coefficient (Wildman–Crippen LogP) is 15.7. The predicted molar refractivity (Wildman–Crippen MR) is 204 cm³/mol. The van der Waals surface area contributed by atoms with Gasteiger partial charge in [0.1, 0.15) is 0 Å². The molecule has 0 aromatic heterocycles. The van der Waals surface area contributed by atoms with E-state index in [-0.39, 0.29) is 0 Å². The van der Waals surface area contributed by atoms with Crippen LogP contribution in [0.25, 0.3) is 0 Å². The maximum Gasteiger partial charge on any atom is 0.154 e. The van der Waals surface area contributed by atoms with E-state index in [0.29, 0.717) is 0 Å². The topological polar surface area (TPSA) is 0 Å². The molecule has 0 saturated carbocycles. The number of quaternary nitrogens is 1. The van der Waals surface area contributed by atoms with Gasteiger partial charge in [-0.3, -0.25) is 0 Å². The highest BCUT2D eigenvalue weighted by atomic mass is 35.5. The Morgan fingerprint density at radius 2 is 0.432 bits per heavy atom. The van der Waals surface area contributed by atoms with Crippen LogP contribution in [0.1, 0.15) is 245 Å². The molecule has 0 unspecified atom stereocenters. The van der Waals surface area contributed by atoms with Gasteiger partial charge in [0.05, 0.1) is 20.1 Å². The third-order valence-electron chi connectivity index (χ3n) is 10.4. The number of hydrogen-bond donors (Lipinski definition) is 0. The second kappa shape index (κ2) is 37.7. The first-order valence-electron chi connectivity index (χ1n) is 21.1. The van der Waals surface area contributed by atoms with Gasteiger partial charge in [-0.05, 0) is 25.7 Å². The van der Waals surface area contributed by atoms with Crippen LogP contribution in [-0.4, -0.2) is 30.6 Å². The van der Waals surface area contributed by atoms with Gasteiger partial charge in [0.25, 0.3) is 0 Å². The fourth-order valence-electron chi connectivity index (χ4n) is 7.02. The zero-order chi connectivity index (χ0) is 32.1. The van der Waals surface area contributed by atoms with Crippen molar-refractivity contribution in [2.75, 3.05) is 26.1 Å². The van der Waals surface area contributed by atoms with E-state index in [1.54, 1.807) is 0 Å². The molecule has 0 aliphatic heterocycles. The molecule has 0 aromatic rings. The molecule has 1 nitrogen and oxygen atoms in total. The lowest BCUT2D eigenvalue weighted by Crippen LogP contribution is -2.44. The molecule has 0 atom stereocenters. The molecular formula is C42H87ClN+. The van der Waals surface area contributed by atoms with Gasteiger partial charge in [0.2, 0.25) is 0 Å². The van der Waals surface area contributed by atoms with Crippen molar-refractivity contribution in [3.63, 3.8) is 0 Å². The summed E-state index contributed by atoms with van der Waals surface area (Å²) in [7, 11) is 2.40. The molecule has 0 saturated heterocycles. The second-order valence-corrected chi connectivity index (χ2v) is 15.4. The Kier molecular flexibility index (Phi) is 37.9. The summed E-state index contributed by atoms with van der Waals surface area (Å²) in [6, 6.07) is 0.790. The number of halogens is 1. The van der Waals surface area contributed by atoms with E-state index in [1.807, 2.05) is 0 Å². The van der Waals surface area contributed by atoms with Crippen LogP contribution in [-0.2, 0) is 0 Å². The largest absolute Gasteiger partial charge is 0.313 e. The van der Waals surface area contributed by atoms with Gasteiger partial charge >= 0.3 is 0 Å². The lowest BCUT2D eigenvalue weighted by Gasteiger charge is -2.32. The molecule has 0 radical (unpaired) electrons. The molecule has 0 heterocycles. The summed E-state index contributed by atoms with van der Waals surface area (Å²) in [6.07, 6.45) is 52.2. The zero-order valence-corrected chi connectivity index (χ0v) is 32.2. The van der Waals surface area contributed by atoms with Crippen molar-refractivity contribution >= 4 is 11.6 Å². The van der Waals surface area contributed by atoms with E-state index in [2.05, 4.69) is 20.9 Å². The van der Waals surface area contributed by atoms with Crippen molar-refractivity contribution in [3.8, 4) is 0 Å². The van der Waals surface area contributed by atoms with Crippen LogP contribution in [0.3, 0.4) is 0 Å². The summed E-state index contributed by atoms with van der Waals surface area (Å²) in [5, 5.41) is 0. The summed E-state index contributed by atoms with van der Waals surface area (Å²) in [5.41, 5.74) is 0. The molecule has 0 aromatic carbocycles. The molecule has 2 heteroatoms. The Morgan fingerprint density at radius 3 is 0.591 bits per heavy atom. The van der Waals surface area contributed by atoms with Gasteiger partial charge in [-0.2, -0.15) is 0 Å². The van der Waals surface area contributed by atoms with Gasteiger partial charge in [-0.15, -0.1) is 0 Å². The van der Waals surface area contributed by atoms with Crippen molar-refractivity contribution < 1.29 is 4.48 Å². The van der Waals surface area contributed by atoms with Crippen molar-refractivity contribution in [3.05, 3.63) is 0 Å². The van der Waals surface area contributed by atoms with Crippen LogP contribution in [0.4, 0.5) is 0 Å². The van der Waals surface area contributed by atoms with Crippen LogP contribution in [0.5, 0.6) is 0 Å². The van der Waals surface area contributed by atoms with Crippen molar-refractivity contribution in [2.24, 2.45) is 0 Å². The van der Waals surface area contributed by atoms with Crippen LogP contribution >= 0.6 is 11.6 Å². The lowest BCUT2D eigenvalue weighted by atomic mass is 10.0. The third-order valence-corrected chi connectivity index (χ3v) is 11.0. The molecule has 0 aliphatic carbocycles. The minimum absolute atomic E-state index is 0.790. The molecule has 0 fully saturated rings. The third kappa shape index (κ3) is 35.1. The number of hydrogen-bond acceptors (Lipinski definition) is 0. The Hall–Kier alpha value is 0.250. The highest BCUT2D eigenvalue weighted by Gasteiger charge is 2.18. The van der Waals surface area contributed by atoms with Gasteiger partial charge in [0, 0.05) is 0 Å². The normalized spacial score (nSPS) is 12.0. The van der Waals surface area contributed by atoms with Crippen molar-refractivity contribution in [2.45, 2.75) is 245 Å². The molecule has 0 rings (SSSR count). The quantitative estimate of drug-likeness (QED) is 0.0271.